The van der Waals surface area contributed by atoms with Crippen molar-refractivity contribution >= 4 is 11.8 Å². The van der Waals surface area contributed by atoms with Crippen LogP contribution in [0.15, 0.2) is 0 Å². The molecule has 3 heteroatoms. The molecule has 0 aromatic carbocycles. The topological polar surface area (TPSA) is 15.3 Å². The van der Waals surface area contributed by atoms with Gasteiger partial charge in [0.2, 0.25) is 0 Å². The molecule has 0 amide bonds. The summed E-state index contributed by atoms with van der Waals surface area (Å²) in [6.45, 7) is 5.72. The first-order valence-corrected chi connectivity index (χ1v) is 6.24. The molecule has 0 saturated carbocycles. The molecule has 2 nitrogen and oxygen atoms in total. The molecule has 0 spiro atoms. The number of hydrogen-bond acceptors (Lipinski definition) is 3. The monoisotopic (exact) mass is 202 g/mol. The highest BCUT2D eigenvalue weighted by Crippen LogP contribution is 2.17. The molecule has 1 heterocycles. The molecule has 78 valence electrons. The Hall–Kier alpha value is 0.270. The lowest BCUT2D eigenvalue weighted by atomic mass is 10.0. The maximum absolute atomic E-state index is 3.62. The van der Waals surface area contributed by atoms with E-state index in [4.69, 9.17) is 0 Å². The summed E-state index contributed by atoms with van der Waals surface area (Å²) < 4.78 is 0. The molecule has 1 N–H and O–H groups in total. The van der Waals surface area contributed by atoms with E-state index in [1.54, 1.807) is 0 Å². The maximum atomic E-state index is 3.62. The lowest BCUT2D eigenvalue weighted by molar-refractivity contribution is 0.221. The minimum atomic E-state index is 0.672. The van der Waals surface area contributed by atoms with Crippen LogP contribution in [0.3, 0.4) is 0 Å². The fourth-order valence-corrected chi connectivity index (χ4v) is 2.36. The van der Waals surface area contributed by atoms with Gasteiger partial charge < -0.3 is 10.2 Å². The van der Waals surface area contributed by atoms with Crippen molar-refractivity contribution in [2.24, 2.45) is 5.92 Å². The molecule has 1 aliphatic rings. The van der Waals surface area contributed by atoms with Gasteiger partial charge in [-0.15, -0.1) is 0 Å². The number of nitrogens with zero attached hydrogens (tertiary/aromatic N) is 1. The van der Waals surface area contributed by atoms with Crippen molar-refractivity contribution in [1.29, 1.82) is 0 Å². The summed E-state index contributed by atoms with van der Waals surface area (Å²) in [4.78, 5) is 2.32. The summed E-state index contributed by atoms with van der Waals surface area (Å²) in [5.74, 6) is 3.34. The van der Waals surface area contributed by atoms with Crippen molar-refractivity contribution < 1.29 is 0 Å². The molecule has 1 rings (SSSR count). The number of hydrogen-bond donors (Lipinski definition) is 1. The third kappa shape index (κ3) is 3.49. The highest BCUT2D eigenvalue weighted by atomic mass is 32.2. The molecule has 1 atom stereocenters. The maximum Gasteiger partial charge on any atom is 0.0249 e. The van der Waals surface area contributed by atoms with Gasteiger partial charge in [-0.3, -0.25) is 0 Å². The quantitative estimate of drug-likeness (QED) is 0.723. The zero-order chi connectivity index (χ0) is 9.84. The van der Waals surface area contributed by atoms with Gasteiger partial charge in [-0.1, -0.05) is 13.8 Å². The summed E-state index contributed by atoms with van der Waals surface area (Å²) in [5.41, 5.74) is 0. The minimum Gasteiger partial charge on any atom is -0.311 e. The Labute approximate surface area is 86.5 Å². The standard InChI is InChI=1S/C10H22N2S/c1-8(2)10(12(3)4)5-11-9-6-13-7-9/h8-11H,5-7H2,1-4H3. The van der Waals surface area contributed by atoms with E-state index in [9.17, 15) is 0 Å². The summed E-state index contributed by atoms with van der Waals surface area (Å²) in [5, 5.41) is 3.62. The summed E-state index contributed by atoms with van der Waals surface area (Å²) in [6, 6.07) is 1.46. The van der Waals surface area contributed by atoms with Gasteiger partial charge in [-0.05, 0) is 20.0 Å². The third-order valence-electron chi connectivity index (χ3n) is 2.69. The first kappa shape index (κ1) is 11.3. The van der Waals surface area contributed by atoms with Crippen LogP contribution in [-0.2, 0) is 0 Å². The van der Waals surface area contributed by atoms with Crippen LogP contribution < -0.4 is 5.32 Å². The second-order valence-electron chi connectivity index (χ2n) is 4.42. The first-order chi connectivity index (χ1) is 6.11. The lowest BCUT2D eigenvalue weighted by Crippen LogP contribution is -2.48. The summed E-state index contributed by atoms with van der Waals surface area (Å²) >= 11 is 2.04. The van der Waals surface area contributed by atoms with E-state index in [0.29, 0.717) is 6.04 Å². The summed E-state index contributed by atoms with van der Waals surface area (Å²) in [6.07, 6.45) is 0. The molecular formula is C10H22N2S. The van der Waals surface area contributed by atoms with E-state index in [0.717, 1.165) is 18.5 Å². The van der Waals surface area contributed by atoms with Crippen molar-refractivity contribution in [3.63, 3.8) is 0 Å². The van der Waals surface area contributed by atoms with Crippen LogP contribution in [0, 0.1) is 5.92 Å². The number of likely N-dealkylation sites (N-methyl/N-ethyl adjacent to an activating group) is 1. The molecule has 0 radical (unpaired) electrons. The second-order valence-corrected chi connectivity index (χ2v) is 5.49. The predicted molar refractivity (Wildman–Crippen MR) is 61.4 cm³/mol. The van der Waals surface area contributed by atoms with Gasteiger partial charge in [0, 0.05) is 30.1 Å². The summed E-state index contributed by atoms with van der Waals surface area (Å²) in [7, 11) is 4.34. The Balaban J connectivity index is 2.21. The molecular weight excluding hydrogens is 180 g/mol. The molecule has 1 aliphatic heterocycles. The lowest BCUT2D eigenvalue weighted by Gasteiger charge is -2.33. The van der Waals surface area contributed by atoms with Crippen LogP contribution in [-0.4, -0.2) is 49.1 Å². The highest BCUT2D eigenvalue weighted by molar-refractivity contribution is 8.00. The van der Waals surface area contributed by atoms with Crippen molar-refractivity contribution in [2.45, 2.75) is 25.9 Å². The van der Waals surface area contributed by atoms with E-state index in [2.05, 4.69) is 38.2 Å². The van der Waals surface area contributed by atoms with E-state index in [1.807, 2.05) is 11.8 Å². The largest absolute Gasteiger partial charge is 0.311 e. The van der Waals surface area contributed by atoms with Gasteiger partial charge in [-0.25, -0.2) is 0 Å². The fraction of sp³-hybridized carbons (Fsp3) is 1.00. The molecule has 0 aromatic heterocycles. The zero-order valence-corrected chi connectivity index (χ0v) is 10.0. The Bertz CT molecular complexity index is 136. The number of thioether (sulfide) groups is 1. The van der Waals surface area contributed by atoms with E-state index in [-0.39, 0.29) is 0 Å². The average Bonchev–Trinajstić information content (AvgIpc) is 1.92. The number of rotatable bonds is 5. The fourth-order valence-electron chi connectivity index (χ4n) is 1.66. The first-order valence-electron chi connectivity index (χ1n) is 5.08. The van der Waals surface area contributed by atoms with Crippen LogP contribution in [0.4, 0.5) is 0 Å². The van der Waals surface area contributed by atoms with Gasteiger partial charge >= 0.3 is 0 Å². The minimum absolute atomic E-state index is 0.672. The average molecular weight is 202 g/mol. The molecule has 0 aromatic rings. The zero-order valence-electron chi connectivity index (χ0n) is 9.21. The SMILES string of the molecule is CC(C)C(CNC1CSC1)N(C)C. The van der Waals surface area contributed by atoms with Gasteiger partial charge in [0.1, 0.15) is 0 Å². The third-order valence-corrected chi connectivity index (χ3v) is 3.96. The molecule has 1 fully saturated rings. The van der Waals surface area contributed by atoms with Crippen LogP contribution in [0.25, 0.3) is 0 Å². The number of nitrogens with one attached hydrogen (secondary N) is 1. The molecule has 1 unspecified atom stereocenters. The van der Waals surface area contributed by atoms with Crippen molar-refractivity contribution in [3.8, 4) is 0 Å². The Kier molecular flexibility index (Phi) is 4.56. The van der Waals surface area contributed by atoms with E-state index >= 15 is 0 Å². The van der Waals surface area contributed by atoms with Gasteiger partial charge in [0.15, 0.2) is 0 Å². The van der Waals surface area contributed by atoms with E-state index < -0.39 is 0 Å². The van der Waals surface area contributed by atoms with Crippen LogP contribution >= 0.6 is 11.8 Å². The van der Waals surface area contributed by atoms with Crippen molar-refractivity contribution in [1.82, 2.24) is 10.2 Å². The van der Waals surface area contributed by atoms with Gasteiger partial charge in [0.25, 0.3) is 0 Å². The highest BCUT2D eigenvalue weighted by Gasteiger charge is 2.21. The molecule has 1 saturated heterocycles. The normalized spacial score (nSPS) is 20.8. The van der Waals surface area contributed by atoms with Crippen LogP contribution in [0.5, 0.6) is 0 Å². The van der Waals surface area contributed by atoms with Crippen molar-refractivity contribution in [2.75, 3.05) is 32.1 Å². The van der Waals surface area contributed by atoms with E-state index in [1.165, 1.54) is 11.5 Å². The molecule has 0 aliphatic carbocycles. The van der Waals surface area contributed by atoms with Crippen LogP contribution in [0.2, 0.25) is 0 Å². The van der Waals surface area contributed by atoms with Crippen LogP contribution in [0.1, 0.15) is 13.8 Å². The smallest absolute Gasteiger partial charge is 0.0249 e. The van der Waals surface area contributed by atoms with Gasteiger partial charge in [0.05, 0.1) is 0 Å². The molecule has 0 bridgehead atoms. The molecule has 13 heavy (non-hydrogen) atoms. The van der Waals surface area contributed by atoms with Crippen molar-refractivity contribution in [3.05, 3.63) is 0 Å². The van der Waals surface area contributed by atoms with Gasteiger partial charge in [-0.2, -0.15) is 11.8 Å². The Morgan fingerprint density at radius 3 is 2.31 bits per heavy atom. The Morgan fingerprint density at radius 2 is 2.00 bits per heavy atom. The second kappa shape index (κ2) is 5.23. The Morgan fingerprint density at radius 1 is 1.38 bits per heavy atom. The predicted octanol–water partition coefficient (Wildman–Crippen LogP) is 1.28.